The average Bonchev–Trinajstić information content (AvgIpc) is 3.60. The van der Waals surface area contributed by atoms with Crippen LogP contribution in [0.4, 0.5) is 5.95 Å². The number of nitrogen functional groups attached to an aromatic ring is 1. The Balaban J connectivity index is 1.18. The maximum Gasteiger partial charge on any atom is 0.245 e. The first-order valence-corrected chi connectivity index (χ1v) is 11.2. The Labute approximate surface area is 184 Å². The van der Waals surface area contributed by atoms with Crippen molar-refractivity contribution in [3.05, 3.63) is 35.2 Å². The average molecular weight is 435 g/mol. The van der Waals surface area contributed by atoms with E-state index in [1.165, 1.54) is 37.6 Å². The van der Waals surface area contributed by atoms with Gasteiger partial charge in [0, 0.05) is 38.0 Å². The van der Waals surface area contributed by atoms with Gasteiger partial charge in [-0.15, -0.1) is 10.2 Å². The molecule has 4 aromatic heterocycles. The van der Waals surface area contributed by atoms with E-state index >= 15 is 0 Å². The van der Waals surface area contributed by atoms with Crippen LogP contribution in [-0.4, -0.2) is 57.5 Å². The Morgan fingerprint density at radius 2 is 2.09 bits per heavy atom. The number of aryl methyl sites for hydroxylation is 1. The molecule has 32 heavy (non-hydrogen) atoms. The second kappa shape index (κ2) is 7.66. The molecule has 1 saturated carbocycles. The molecular weight excluding hydrogens is 408 g/mol. The van der Waals surface area contributed by atoms with E-state index in [1.807, 2.05) is 6.92 Å². The van der Waals surface area contributed by atoms with Crippen molar-refractivity contribution in [1.29, 1.82) is 0 Å². The summed E-state index contributed by atoms with van der Waals surface area (Å²) >= 11 is 0. The summed E-state index contributed by atoms with van der Waals surface area (Å²) in [5, 5.41) is 13.6. The quantitative estimate of drug-likeness (QED) is 0.501. The maximum absolute atomic E-state index is 6.14. The number of hydrogen-bond acceptors (Lipinski definition) is 9. The van der Waals surface area contributed by atoms with Gasteiger partial charge in [-0.3, -0.25) is 4.90 Å². The molecule has 1 aliphatic carbocycles. The topological polar surface area (TPSA) is 129 Å². The summed E-state index contributed by atoms with van der Waals surface area (Å²) in [6.45, 7) is 4.61. The monoisotopic (exact) mass is 434 g/mol. The first-order chi connectivity index (χ1) is 15.7. The van der Waals surface area contributed by atoms with Crippen molar-refractivity contribution >= 4 is 11.6 Å². The highest BCUT2D eigenvalue weighted by atomic mass is 16.3. The molecule has 1 fully saturated rings. The zero-order chi connectivity index (χ0) is 21.7. The van der Waals surface area contributed by atoms with Crippen LogP contribution in [0.15, 0.2) is 16.9 Å². The van der Waals surface area contributed by atoms with Gasteiger partial charge in [0.25, 0.3) is 0 Å². The molecule has 6 rings (SSSR count). The fourth-order valence-corrected chi connectivity index (χ4v) is 4.94. The van der Waals surface area contributed by atoms with Crippen LogP contribution < -0.4 is 5.73 Å². The van der Waals surface area contributed by atoms with E-state index < -0.39 is 0 Å². The van der Waals surface area contributed by atoms with Crippen molar-refractivity contribution in [3.63, 3.8) is 0 Å². The normalized spacial score (nSPS) is 17.4. The third-order valence-corrected chi connectivity index (χ3v) is 6.65. The van der Waals surface area contributed by atoms with Crippen molar-refractivity contribution in [2.24, 2.45) is 0 Å². The van der Waals surface area contributed by atoms with E-state index in [9.17, 15) is 0 Å². The Kier molecular flexibility index (Phi) is 4.63. The number of nitrogens with two attached hydrogens (primary N) is 1. The van der Waals surface area contributed by atoms with Crippen molar-refractivity contribution in [2.45, 2.75) is 58.0 Å². The molecule has 166 valence electrons. The van der Waals surface area contributed by atoms with Crippen LogP contribution in [0, 0.1) is 6.92 Å². The molecule has 11 nitrogen and oxygen atoms in total. The van der Waals surface area contributed by atoms with Crippen molar-refractivity contribution < 1.29 is 4.42 Å². The fraction of sp³-hybridized carbons (Fsp3) is 0.524. The summed E-state index contributed by atoms with van der Waals surface area (Å²) in [4.78, 5) is 15.7. The largest absolute Gasteiger partial charge is 0.443 e. The predicted octanol–water partition coefficient (Wildman–Crippen LogP) is 1.98. The van der Waals surface area contributed by atoms with E-state index in [2.05, 4.69) is 35.0 Å². The zero-order valence-electron chi connectivity index (χ0n) is 18.1. The number of aromatic nitrogens is 8. The van der Waals surface area contributed by atoms with Gasteiger partial charge in [0.05, 0.1) is 23.6 Å². The van der Waals surface area contributed by atoms with E-state index in [0.717, 1.165) is 49.6 Å². The number of oxazole rings is 1. The third-order valence-electron chi connectivity index (χ3n) is 6.65. The molecule has 4 aromatic rings. The molecule has 0 bridgehead atoms. The second-order valence-corrected chi connectivity index (χ2v) is 8.69. The SMILES string of the molecule is Cc1c(-c2ncco2)nc(N)n2nc(CCN3CCc4c(nnn4C4CCCC4)C3)nc12. The molecule has 0 amide bonds. The number of fused-ring (bicyclic) bond motifs is 2. The van der Waals surface area contributed by atoms with Crippen LogP contribution in [0.25, 0.3) is 17.2 Å². The summed E-state index contributed by atoms with van der Waals surface area (Å²) in [7, 11) is 0. The number of anilines is 1. The lowest BCUT2D eigenvalue weighted by atomic mass is 10.1. The fourth-order valence-electron chi connectivity index (χ4n) is 4.94. The Morgan fingerprint density at radius 3 is 2.91 bits per heavy atom. The Morgan fingerprint density at radius 1 is 1.22 bits per heavy atom. The van der Waals surface area contributed by atoms with Crippen molar-refractivity contribution in [2.75, 3.05) is 18.8 Å². The van der Waals surface area contributed by atoms with Crippen LogP contribution in [-0.2, 0) is 19.4 Å². The van der Waals surface area contributed by atoms with Gasteiger partial charge in [0.15, 0.2) is 11.5 Å². The first-order valence-electron chi connectivity index (χ1n) is 11.2. The van der Waals surface area contributed by atoms with Crippen LogP contribution in [0.3, 0.4) is 0 Å². The van der Waals surface area contributed by atoms with Gasteiger partial charge in [0.2, 0.25) is 11.8 Å². The minimum Gasteiger partial charge on any atom is -0.443 e. The molecule has 2 aliphatic rings. The zero-order valence-corrected chi connectivity index (χ0v) is 18.1. The first kappa shape index (κ1) is 19.4. The highest BCUT2D eigenvalue weighted by molar-refractivity contribution is 5.65. The lowest BCUT2D eigenvalue weighted by Crippen LogP contribution is -2.33. The molecule has 0 saturated heterocycles. The lowest BCUT2D eigenvalue weighted by Gasteiger charge is -2.26. The second-order valence-electron chi connectivity index (χ2n) is 8.69. The molecule has 5 heterocycles. The van der Waals surface area contributed by atoms with Crippen LogP contribution >= 0.6 is 0 Å². The summed E-state index contributed by atoms with van der Waals surface area (Å²) < 4.78 is 9.19. The van der Waals surface area contributed by atoms with Gasteiger partial charge in [-0.25, -0.2) is 19.6 Å². The molecule has 0 aromatic carbocycles. The van der Waals surface area contributed by atoms with Crippen LogP contribution in [0.5, 0.6) is 0 Å². The summed E-state index contributed by atoms with van der Waals surface area (Å²) in [5.74, 6) is 1.44. The van der Waals surface area contributed by atoms with Crippen molar-refractivity contribution in [1.82, 2.24) is 44.5 Å². The lowest BCUT2D eigenvalue weighted by molar-refractivity contribution is 0.248. The standard InChI is InChI=1S/C21H26N10O/c1-13-18(20-23-8-11-32-20)25-21(22)31-19(13)24-17(27-31)7-10-29-9-6-16-15(12-29)26-28-30(16)14-4-2-3-5-14/h8,11,14H,2-7,9-10,12H2,1H3,(H2,22,25). The smallest absolute Gasteiger partial charge is 0.245 e. The molecule has 1 aliphatic heterocycles. The van der Waals surface area contributed by atoms with Crippen LogP contribution in [0.1, 0.15) is 54.5 Å². The summed E-state index contributed by atoms with van der Waals surface area (Å²) in [6.07, 6.45) is 9.88. The van der Waals surface area contributed by atoms with Gasteiger partial charge >= 0.3 is 0 Å². The highest BCUT2D eigenvalue weighted by Crippen LogP contribution is 2.31. The minimum absolute atomic E-state index is 0.267. The maximum atomic E-state index is 6.14. The molecule has 2 N–H and O–H groups in total. The van der Waals surface area contributed by atoms with E-state index in [1.54, 1.807) is 10.7 Å². The third kappa shape index (κ3) is 3.24. The van der Waals surface area contributed by atoms with Gasteiger partial charge in [0.1, 0.15) is 12.0 Å². The molecule has 0 unspecified atom stereocenters. The molecule has 0 spiro atoms. The van der Waals surface area contributed by atoms with Gasteiger partial charge in [-0.1, -0.05) is 18.1 Å². The minimum atomic E-state index is 0.267. The van der Waals surface area contributed by atoms with E-state index in [-0.39, 0.29) is 5.95 Å². The summed E-state index contributed by atoms with van der Waals surface area (Å²) in [6, 6.07) is 0.545. The number of rotatable bonds is 5. The summed E-state index contributed by atoms with van der Waals surface area (Å²) in [5.41, 5.74) is 10.7. The van der Waals surface area contributed by atoms with Gasteiger partial charge in [-0.2, -0.15) is 4.52 Å². The van der Waals surface area contributed by atoms with Crippen molar-refractivity contribution in [3.8, 4) is 11.6 Å². The molecule has 0 radical (unpaired) electrons. The van der Waals surface area contributed by atoms with Crippen LogP contribution in [0.2, 0.25) is 0 Å². The van der Waals surface area contributed by atoms with Gasteiger partial charge < -0.3 is 10.2 Å². The predicted molar refractivity (Wildman–Crippen MR) is 116 cm³/mol. The number of hydrogen-bond donors (Lipinski definition) is 1. The Bertz CT molecular complexity index is 1250. The Hall–Kier alpha value is -3.34. The highest BCUT2D eigenvalue weighted by Gasteiger charge is 2.27. The van der Waals surface area contributed by atoms with E-state index in [4.69, 9.17) is 15.1 Å². The molecule has 11 heteroatoms. The number of nitrogens with zero attached hydrogens (tertiary/aromatic N) is 9. The molecular formula is C21H26N10O. The van der Waals surface area contributed by atoms with E-state index in [0.29, 0.717) is 23.3 Å². The molecule has 0 atom stereocenters. The van der Waals surface area contributed by atoms with Gasteiger partial charge in [-0.05, 0) is 19.8 Å².